The van der Waals surface area contributed by atoms with Crippen LogP contribution in [-0.2, 0) is 37.8 Å². The van der Waals surface area contributed by atoms with Crippen molar-refractivity contribution in [3.63, 3.8) is 0 Å². The molecule has 34 heavy (non-hydrogen) atoms. The van der Waals surface area contributed by atoms with Crippen molar-refractivity contribution in [1.29, 1.82) is 0 Å². The summed E-state index contributed by atoms with van der Waals surface area (Å²) < 4.78 is 62.5. The molecule has 0 unspecified atom stereocenters. The molecule has 2 amide bonds. The Morgan fingerprint density at radius 3 is 2.18 bits per heavy atom. The third kappa shape index (κ3) is 8.13. The molecule has 1 heterocycles. The molecule has 0 aliphatic rings. The molecule has 1 aromatic carbocycles. The molecular weight excluding hydrogens is 494 g/mol. The Bertz CT molecular complexity index is 1260. The fraction of sp³-hybridized carbons (Fsp3) is 0.333. The zero-order chi connectivity index (χ0) is 25.5. The minimum atomic E-state index is -4.52. The predicted octanol–water partition coefficient (Wildman–Crippen LogP) is 0.0706. The van der Waals surface area contributed by atoms with E-state index in [9.17, 15) is 26.4 Å². The fourth-order valence-corrected chi connectivity index (χ4v) is 4.25. The molecule has 0 radical (unpaired) electrons. The summed E-state index contributed by atoms with van der Waals surface area (Å²) in [5.41, 5.74) is 0.385. The molecule has 0 bridgehead atoms. The Morgan fingerprint density at radius 2 is 1.65 bits per heavy atom. The van der Waals surface area contributed by atoms with Crippen LogP contribution in [0.3, 0.4) is 0 Å². The summed E-state index contributed by atoms with van der Waals surface area (Å²) in [6.07, 6.45) is 0.420. The van der Waals surface area contributed by atoms with Crippen LogP contribution < -0.4 is 24.2 Å². The van der Waals surface area contributed by atoms with Crippen molar-refractivity contribution in [1.82, 2.24) is 19.4 Å². The molecule has 2 aromatic rings. The van der Waals surface area contributed by atoms with Gasteiger partial charge < -0.3 is 14.6 Å². The van der Waals surface area contributed by atoms with Crippen molar-refractivity contribution in [2.45, 2.75) is 24.3 Å². The van der Waals surface area contributed by atoms with E-state index < -0.39 is 32.0 Å². The first-order valence-corrected chi connectivity index (χ1v) is 12.8. The van der Waals surface area contributed by atoms with Crippen molar-refractivity contribution in [3.05, 3.63) is 35.4 Å². The van der Waals surface area contributed by atoms with Gasteiger partial charge in [0.1, 0.15) is 0 Å². The first-order chi connectivity index (χ1) is 15.8. The molecule has 0 atom stereocenters. The number of anilines is 1. The SMILES string of the molecule is COc1cc(OC)nc(NC(=O)NS(=O)(=O)c2cc(CNS(C)(=O)=O)ccc2CCC(=O)O)n1. The fourth-order valence-electron chi connectivity index (χ4n) is 2.59. The smallest absolute Gasteiger partial charge is 0.335 e. The molecule has 0 spiro atoms. The average molecular weight is 518 g/mol. The number of carbonyl (C=O) groups is 2. The van der Waals surface area contributed by atoms with E-state index in [4.69, 9.17) is 14.6 Å². The monoisotopic (exact) mass is 517 g/mol. The van der Waals surface area contributed by atoms with E-state index in [0.717, 1.165) is 12.3 Å². The molecule has 14 nitrogen and oxygen atoms in total. The quantitative estimate of drug-likeness (QED) is 0.314. The number of rotatable bonds is 11. The summed E-state index contributed by atoms with van der Waals surface area (Å²) in [6, 6.07) is 4.08. The van der Waals surface area contributed by atoms with Gasteiger partial charge in [-0.15, -0.1) is 0 Å². The number of nitrogens with zero attached hydrogens (tertiary/aromatic N) is 2. The molecule has 0 fully saturated rings. The number of hydrogen-bond donors (Lipinski definition) is 4. The average Bonchev–Trinajstić information content (AvgIpc) is 2.75. The summed E-state index contributed by atoms with van der Waals surface area (Å²) in [5, 5.41) is 11.1. The van der Waals surface area contributed by atoms with Crippen LogP contribution in [0.2, 0.25) is 0 Å². The third-order valence-electron chi connectivity index (χ3n) is 4.12. The van der Waals surface area contributed by atoms with Crippen LogP contribution in [0, 0.1) is 0 Å². The Hall–Kier alpha value is -3.50. The number of ether oxygens (including phenoxy) is 2. The third-order valence-corrected chi connectivity index (χ3v) is 6.20. The topological polar surface area (TPSA) is 203 Å². The lowest BCUT2D eigenvalue weighted by molar-refractivity contribution is -0.136. The first-order valence-electron chi connectivity index (χ1n) is 9.42. The van der Waals surface area contributed by atoms with Gasteiger partial charge in [-0.2, -0.15) is 9.97 Å². The Kier molecular flexibility index (Phi) is 8.72. The molecule has 0 aliphatic carbocycles. The first kappa shape index (κ1) is 26.7. The lowest BCUT2D eigenvalue weighted by atomic mass is 10.1. The van der Waals surface area contributed by atoms with Gasteiger partial charge in [0, 0.05) is 13.0 Å². The summed E-state index contributed by atoms with van der Waals surface area (Å²) in [5.74, 6) is -1.36. The molecule has 186 valence electrons. The Morgan fingerprint density at radius 1 is 1.03 bits per heavy atom. The van der Waals surface area contributed by atoms with Crippen LogP contribution in [0.15, 0.2) is 29.2 Å². The van der Waals surface area contributed by atoms with Gasteiger partial charge in [0.2, 0.25) is 27.7 Å². The maximum atomic E-state index is 12.9. The van der Waals surface area contributed by atoms with Crippen LogP contribution in [0.5, 0.6) is 11.8 Å². The molecule has 16 heteroatoms. The van der Waals surface area contributed by atoms with Crippen LogP contribution in [0.1, 0.15) is 17.5 Å². The van der Waals surface area contributed by atoms with Gasteiger partial charge in [-0.05, 0) is 23.6 Å². The zero-order valence-electron chi connectivity index (χ0n) is 18.4. The number of aryl methyl sites for hydroxylation is 1. The highest BCUT2D eigenvalue weighted by Crippen LogP contribution is 2.21. The standard InChI is InChI=1S/C18H23N5O9S2/c1-31-14-9-15(32-2)21-17(20-14)22-18(26)23-34(29,30)13-8-11(10-19-33(3,27)28)4-5-12(13)6-7-16(24)25/h4-5,8-9,19H,6-7,10H2,1-3H3,(H,24,25)(H2,20,21,22,23,26). The number of carboxylic acids is 1. The van der Waals surface area contributed by atoms with Gasteiger partial charge in [-0.3, -0.25) is 10.1 Å². The highest BCUT2D eigenvalue weighted by molar-refractivity contribution is 7.90. The summed E-state index contributed by atoms with van der Waals surface area (Å²) in [6.45, 7) is -0.218. The maximum Gasteiger partial charge on any atom is 0.335 e. The largest absolute Gasteiger partial charge is 0.481 e. The Labute approximate surface area is 195 Å². The minimum Gasteiger partial charge on any atom is -0.481 e. The van der Waals surface area contributed by atoms with Crippen molar-refractivity contribution in [2.24, 2.45) is 0 Å². The van der Waals surface area contributed by atoms with E-state index in [2.05, 4.69) is 20.0 Å². The predicted molar refractivity (Wildman–Crippen MR) is 119 cm³/mol. The normalized spacial score (nSPS) is 11.5. The van der Waals surface area contributed by atoms with E-state index in [1.807, 2.05) is 0 Å². The van der Waals surface area contributed by atoms with Crippen LogP contribution in [0.25, 0.3) is 0 Å². The van der Waals surface area contributed by atoms with Gasteiger partial charge in [0.25, 0.3) is 10.0 Å². The summed E-state index contributed by atoms with van der Waals surface area (Å²) >= 11 is 0. The number of hydrogen-bond acceptors (Lipinski definition) is 10. The number of aliphatic carboxylic acids is 1. The number of methoxy groups -OCH3 is 2. The van der Waals surface area contributed by atoms with Gasteiger partial charge in [-0.25, -0.2) is 31.1 Å². The van der Waals surface area contributed by atoms with Crippen LogP contribution >= 0.6 is 0 Å². The lowest BCUT2D eigenvalue weighted by Gasteiger charge is -2.14. The molecule has 0 aliphatic heterocycles. The van der Waals surface area contributed by atoms with Crippen LogP contribution in [-0.4, -0.2) is 64.4 Å². The summed E-state index contributed by atoms with van der Waals surface area (Å²) in [7, 11) is -5.44. The second kappa shape index (κ2) is 11.1. The number of amides is 2. The molecule has 1 aromatic heterocycles. The zero-order valence-corrected chi connectivity index (χ0v) is 20.0. The van der Waals surface area contributed by atoms with E-state index in [1.165, 1.54) is 32.4 Å². The highest BCUT2D eigenvalue weighted by Gasteiger charge is 2.23. The second-order valence-electron chi connectivity index (χ2n) is 6.76. The molecular formula is C18H23N5O9S2. The lowest BCUT2D eigenvalue weighted by Crippen LogP contribution is -2.35. The molecule has 2 rings (SSSR count). The van der Waals surface area contributed by atoms with Crippen molar-refractivity contribution in [2.75, 3.05) is 25.8 Å². The number of nitrogens with one attached hydrogen (secondary N) is 3. The number of urea groups is 1. The van der Waals surface area contributed by atoms with Gasteiger partial charge >= 0.3 is 12.0 Å². The number of sulfonamides is 2. The van der Waals surface area contributed by atoms with Gasteiger partial charge in [0.15, 0.2) is 0 Å². The number of carboxylic acid groups (broad SMARTS) is 1. The number of carbonyl (C=O) groups excluding carboxylic acids is 1. The highest BCUT2D eigenvalue weighted by atomic mass is 32.2. The van der Waals surface area contributed by atoms with Crippen LogP contribution in [0.4, 0.5) is 10.7 Å². The minimum absolute atomic E-state index is 0.0482. The summed E-state index contributed by atoms with van der Waals surface area (Å²) in [4.78, 5) is 30.7. The number of aromatic nitrogens is 2. The molecule has 4 N–H and O–H groups in total. The second-order valence-corrected chi connectivity index (χ2v) is 10.2. The van der Waals surface area contributed by atoms with Crippen molar-refractivity contribution >= 4 is 38.0 Å². The van der Waals surface area contributed by atoms with Crippen molar-refractivity contribution in [3.8, 4) is 11.8 Å². The number of benzene rings is 1. The Balaban J connectivity index is 2.32. The van der Waals surface area contributed by atoms with E-state index in [-0.39, 0.29) is 53.1 Å². The van der Waals surface area contributed by atoms with E-state index in [1.54, 1.807) is 4.72 Å². The van der Waals surface area contributed by atoms with E-state index in [0.29, 0.717) is 0 Å². The molecule has 0 saturated heterocycles. The van der Waals surface area contributed by atoms with Gasteiger partial charge in [0.05, 0.1) is 31.4 Å². The molecule has 0 saturated carbocycles. The maximum absolute atomic E-state index is 12.9. The van der Waals surface area contributed by atoms with E-state index >= 15 is 0 Å². The van der Waals surface area contributed by atoms with Crippen molar-refractivity contribution < 1.29 is 41.0 Å². The van der Waals surface area contributed by atoms with Gasteiger partial charge in [-0.1, -0.05) is 12.1 Å².